The molecule has 5 nitrogen and oxygen atoms in total. The molecule has 2 aliphatic rings. The highest BCUT2D eigenvalue weighted by Gasteiger charge is 2.45. The molecule has 1 aliphatic heterocycles. The number of rotatable bonds is 4. The molecule has 1 aromatic carbocycles. The zero-order valence-electron chi connectivity index (χ0n) is 15.0. The zero-order valence-corrected chi connectivity index (χ0v) is 15.0. The van der Waals surface area contributed by atoms with E-state index in [-0.39, 0.29) is 11.7 Å². The van der Waals surface area contributed by atoms with Gasteiger partial charge in [-0.25, -0.2) is 9.37 Å². The Labute approximate surface area is 153 Å². The lowest BCUT2D eigenvalue weighted by Gasteiger charge is -2.39. The van der Waals surface area contributed by atoms with Crippen LogP contribution in [0.5, 0.6) is 0 Å². The number of carbonyl (C=O) groups excluding carboxylic acids is 1. The number of carbonyl (C=O) groups is 1. The fraction of sp³-hybridized carbons (Fsp3) is 0.550. The predicted molar refractivity (Wildman–Crippen MR) is 95.9 cm³/mol. The highest BCUT2D eigenvalue weighted by molar-refractivity contribution is 5.88. The quantitative estimate of drug-likeness (QED) is 0.845. The standard InChI is InChI=1S/C20H25FN4O/c21-18-7-5-17(6-8-18)20(9-1-2-10-20)19(26)24-11-3-4-16(12-24)13-25-15-22-14-23-25/h5-8,14-16H,1-4,9-13H2. The number of nitrogens with zero attached hydrogens (tertiary/aromatic N) is 4. The van der Waals surface area contributed by atoms with Crippen LogP contribution in [0.1, 0.15) is 44.1 Å². The zero-order chi connectivity index (χ0) is 18.0. The minimum absolute atomic E-state index is 0.227. The van der Waals surface area contributed by atoms with Crippen molar-refractivity contribution in [3.63, 3.8) is 0 Å². The highest BCUT2D eigenvalue weighted by atomic mass is 19.1. The second-order valence-corrected chi connectivity index (χ2v) is 7.67. The van der Waals surface area contributed by atoms with Crippen molar-refractivity contribution >= 4 is 5.91 Å². The molecule has 0 radical (unpaired) electrons. The highest BCUT2D eigenvalue weighted by Crippen LogP contribution is 2.43. The molecule has 1 saturated carbocycles. The van der Waals surface area contributed by atoms with Crippen molar-refractivity contribution in [2.45, 2.75) is 50.5 Å². The fourth-order valence-corrected chi connectivity index (χ4v) is 4.67. The summed E-state index contributed by atoms with van der Waals surface area (Å²) in [6.07, 6.45) is 9.24. The van der Waals surface area contributed by atoms with Gasteiger partial charge in [0.25, 0.3) is 0 Å². The van der Waals surface area contributed by atoms with Gasteiger partial charge in [0.05, 0.1) is 5.41 Å². The molecule has 4 rings (SSSR count). The van der Waals surface area contributed by atoms with E-state index in [2.05, 4.69) is 10.1 Å². The molecule has 0 bridgehead atoms. The molecular formula is C20H25FN4O. The van der Waals surface area contributed by atoms with Crippen molar-refractivity contribution < 1.29 is 9.18 Å². The molecule has 1 amide bonds. The Balaban J connectivity index is 1.53. The number of benzene rings is 1. The molecule has 1 aliphatic carbocycles. The monoisotopic (exact) mass is 356 g/mol. The molecule has 2 heterocycles. The van der Waals surface area contributed by atoms with Crippen molar-refractivity contribution in [3.8, 4) is 0 Å². The number of hydrogen-bond donors (Lipinski definition) is 0. The normalized spacial score (nSPS) is 22.5. The van der Waals surface area contributed by atoms with Gasteiger partial charge in [-0.2, -0.15) is 5.10 Å². The van der Waals surface area contributed by atoms with E-state index >= 15 is 0 Å². The maximum atomic E-state index is 13.6. The molecule has 1 unspecified atom stereocenters. The molecule has 2 fully saturated rings. The first-order valence-electron chi connectivity index (χ1n) is 9.55. The van der Waals surface area contributed by atoms with Gasteiger partial charge in [-0.15, -0.1) is 0 Å². The molecule has 1 aromatic heterocycles. The third kappa shape index (κ3) is 3.24. The average Bonchev–Trinajstić information content (AvgIpc) is 3.34. The van der Waals surface area contributed by atoms with Crippen LogP contribution in [-0.2, 0) is 16.8 Å². The molecule has 1 saturated heterocycles. The number of halogens is 1. The molecule has 6 heteroatoms. The number of amides is 1. The maximum Gasteiger partial charge on any atom is 0.233 e. The Morgan fingerprint density at radius 1 is 1.19 bits per heavy atom. The molecule has 138 valence electrons. The number of aromatic nitrogens is 3. The summed E-state index contributed by atoms with van der Waals surface area (Å²) in [7, 11) is 0. The van der Waals surface area contributed by atoms with Crippen LogP contribution in [-0.4, -0.2) is 38.7 Å². The largest absolute Gasteiger partial charge is 0.342 e. The van der Waals surface area contributed by atoms with E-state index in [4.69, 9.17) is 0 Å². The van der Waals surface area contributed by atoms with Gasteiger partial charge in [0.1, 0.15) is 18.5 Å². The average molecular weight is 356 g/mol. The third-order valence-electron chi connectivity index (χ3n) is 5.98. The lowest BCUT2D eigenvalue weighted by atomic mass is 9.77. The Bertz CT molecular complexity index is 738. The summed E-state index contributed by atoms with van der Waals surface area (Å²) in [6.45, 7) is 2.38. The van der Waals surface area contributed by atoms with E-state index in [1.165, 1.54) is 12.1 Å². The first-order valence-corrected chi connectivity index (χ1v) is 9.55. The SMILES string of the molecule is O=C(N1CCCC(Cn2cncn2)C1)C1(c2ccc(F)cc2)CCCC1. The van der Waals surface area contributed by atoms with Crippen LogP contribution in [0.2, 0.25) is 0 Å². The van der Waals surface area contributed by atoms with Gasteiger partial charge in [-0.1, -0.05) is 25.0 Å². The van der Waals surface area contributed by atoms with Crippen LogP contribution < -0.4 is 0 Å². The Hall–Kier alpha value is -2.24. The first-order chi connectivity index (χ1) is 12.7. The van der Waals surface area contributed by atoms with Gasteiger partial charge in [0.2, 0.25) is 5.91 Å². The van der Waals surface area contributed by atoms with E-state index in [1.807, 2.05) is 9.58 Å². The molecular weight excluding hydrogens is 331 g/mol. The molecule has 0 N–H and O–H groups in total. The van der Waals surface area contributed by atoms with E-state index in [0.717, 1.165) is 63.7 Å². The molecule has 26 heavy (non-hydrogen) atoms. The summed E-state index contributed by atoms with van der Waals surface area (Å²) in [5, 5.41) is 4.19. The van der Waals surface area contributed by atoms with Crippen LogP contribution in [0, 0.1) is 11.7 Å². The van der Waals surface area contributed by atoms with Gasteiger partial charge in [0, 0.05) is 19.6 Å². The Morgan fingerprint density at radius 3 is 2.65 bits per heavy atom. The van der Waals surface area contributed by atoms with E-state index in [1.54, 1.807) is 24.8 Å². The van der Waals surface area contributed by atoms with Gasteiger partial charge in [-0.3, -0.25) is 9.48 Å². The summed E-state index contributed by atoms with van der Waals surface area (Å²) in [6, 6.07) is 6.56. The molecule has 1 atom stereocenters. The summed E-state index contributed by atoms with van der Waals surface area (Å²) in [5.74, 6) is 0.381. The van der Waals surface area contributed by atoms with Crippen LogP contribution in [0.3, 0.4) is 0 Å². The predicted octanol–water partition coefficient (Wildman–Crippen LogP) is 3.17. The summed E-state index contributed by atoms with van der Waals surface area (Å²) >= 11 is 0. The van der Waals surface area contributed by atoms with E-state index in [0.29, 0.717) is 5.92 Å². The minimum atomic E-state index is -0.469. The minimum Gasteiger partial charge on any atom is -0.342 e. The fourth-order valence-electron chi connectivity index (χ4n) is 4.67. The van der Waals surface area contributed by atoms with Gasteiger partial charge in [0.15, 0.2) is 0 Å². The third-order valence-corrected chi connectivity index (χ3v) is 5.98. The lowest BCUT2D eigenvalue weighted by molar-refractivity contribution is -0.139. The Kier molecular flexibility index (Phi) is 4.74. The number of hydrogen-bond acceptors (Lipinski definition) is 3. The van der Waals surface area contributed by atoms with Crippen LogP contribution in [0.25, 0.3) is 0 Å². The molecule has 2 aromatic rings. The summed E-state index contributed by atoms with van der Waals surface area (Å²) in [4.78, 5) is 19.6. The van der Waals surface area contributed by atoms with Crippen molar-refractivity contribution in [1.29, 1.82) is 0 Å². The summed E-state index contributed by atoms with van der Waals surface area (Å²) in [5.41, 5.74) is 0.503. The van der Waals surface area contributed by atoms with Crippen LogP contribution in [0.4, 0.5) is 4.39 Å². The summed E-state index contributed by atoms with van der Waals surface area (Å²) < 4.78 is 15.2. The number of likely N-dealkylation sites (tertiary alicyclic amines) is 1. The smallest absolute Gasteiger partial charge is 0.233 e. The first kappa shape index (κ1) is 17.2. The van der Waals surface area contributed by atoms with Gasteiger partial charge >= 0.3 is 0 Å². The topological polar surface area (TPSA) is 51.0 Å². The van der Waals surface area contributed by atoms with Crippen LogP contribution in [0.15, 0.2) is 36.9 Å². The van der Waals surface area contributed by atoms with Gasteiger partial charge < -0.3 is 4.90 Å². The van der Waals surface area contributed by atoms with Crippen molar-refractivity contribution in [1.82, 2.24) is 19.7 Å². The number of piperidine rings is 1. The maximum absolute atomic E-state index is 13.6. The van der Waals surface area contributed by atoms with Crippen molar-refractivity contribution in [3.05, 3.63) is 48.3 Å². The Morgan fingerprint density at radius 2 is 1.96 bits per heavy atom. The van der Waals surface area contributed by atoms with Crippen molar-refractivity contribution in [2.75, 3.05) is 13.1 Å². The van der Waals surface area contributed by atoms with Crippen molar-refractivity contribution in [2.24, 2.45) is 5.92 Å². The van der Waals surface area contributed by atoms with Gasteiger partial charge in [-0.05, 0) is 49.3 Å². The van der Waals surface area contributed by atoms with Crippen LogP contribution >= 0.6 is 0 Å². The van der Waals surface area contributed by atoms with E-state index < -0.39 is 5.41 Å². The van der Waals surface area contributed by atoms with E-state index in [9.17, 15) is 9.18 Å². The second-order valence-electron chi connectivity index (χ2n) is 7.67. The molecule has 0 spiro atoms. The second kappa shape index (κ2) is 7.17. The lowest BCUT2D eigenvalue weighted by Crippen LogP contribution is -2.49.